The summed E-state index contributed by atoms with van der Waals surface area (Å²) in [4.78, 5) is 12.3. The fraction of sp³-hybridized carbons (Fsp3) is 0.278. The molecule has 2 aromatic rings. The van der Waals surface area contributed by atoms with Gasteiger partial charge in [-0.15, -0.1) is 0 Å². The second kappa shape index (κ2) is 6.10. The van der Waals surface area contributed by atoms with Crippen LogP contribution >= 0.6 is 0 Å². The van der Waals surface area contributed by atoms with E-state index in [0.29, 0.717) is 6.42 Å². The lowest BCUT2D eigenvalue weighted by Gasteiger charge is -2.26. The minimum absolute atomic E-state index is 0.180. The van der Waals surface area contributed by atoms with Gasteiger partial charge >= 0.3 is 5.97 Å². The van der Waals surface area contributed by atoms with Crippen molar-refractivity contribution in [1.29, 1.82) is 0 Å². The summed E-state index contributed by atoms with van der Waals surface area (Å²) >= 11 is 0. The van der Waals surface area contributed by atoms with E-state index < -0.39 is 0 Å². The van der Waals surface area contributed by atoms with Crippen LogP contribution in [0.1, 0.15) is 29.7 Å². The number of esters is 1. The molecule has 0 aromatic heterocycles. The van der Waals surface area contributed by atoms with E-state index in [1.165, 1.54) is 11.1 Å². The monoisotopic (exact) mass is 281 g/mol. The first-order chi connectivity index (χ1) is 10.2. The quantitative estimate of drug-likeness (QED) is 0.879. The van der Waals surface area contributed by atoms with Crippen molar-refractivity contribution in [3.63, 3.8) is 0 Å². The van der Waals surface area contributed by atoms with E-state index in [1.54, 1.807) is 0 Å². The van der Waals surface area contributed by atoms with Gasteiger partial charge in [-0.05, 0) is 30.0 Å². The zero-order valence-electron chi connectivity index (χ0n) is 12.1. The van der Waals surface area contributed by atoms with Gasteiger partial charge in [-0.2, -0.15) is 0 Å². The Labute approximate surface area is 124 Å². The summed E-state index contributed by atoms with van der Waals surface area (Å²) in [5.41, 5.74) is 3.50. The van der Waals surface area contributed by atoms with Gasteiger partial charge in [0.05, 0.1) is 0 Å². The van der Waals surface area contributed by atoms with Gasteiger partial charge in [0.1, 0.15) is 12.1 Å². The first kappa shape index (κ1) is 13.8. The average Bonchev–Trinajstić information content (AvgIpc) is 2.55. The lowest BCUT2D eigenvalue weighted by molar-refractivity contribution is -0.151. The number of carbonyl (C=O) groups is 1. The van der Waals surface area contributed by atoms with Crippen LogP contribution in [0.25, 0.3) is 0 Å². The van der Waals surface area contributed by atoms with Crippen molar-refractivity contribution in [2.24, 2.45) is 0 Å². The highest BCUT2D eigenvalue weighted by Crippen LogP contribution is 2.20. The molecule has 0 saturated heterocycles. The second-order valence-electron chi connectivity index (χ2n) is 5.40. The van der Waals surface area contributed by atoms with Gasteiger partial charge in [-0.25, -0.2) is 0 Å². The minimum Gasteiger partial charge on any atom is -0.457 e. The van der Waals surface area contributed by atoms with E-state index in [4.69, 9.17) is 4.74 Å². The van der Waals surface area contributed by atoms with E-state index in [0.717, 1.165) is 12.1 Å². The van der Waals surface area contributed by atoms with E-state index in [-0.39, 0.29) is 18.1 Å². The number of nitrogens with one attached hydrogen (secondary N) is 1. The zero-order valence-corrected chi connectivity index (χ0v) is 12.1. The highest BCUT2D eigenvalue weighted by Gasteiger charge is 2.26. The summed E-state index contributed by atoms with van der Waals surface area (Å²) in [5, 5.41) is 3.26. The van der Waals surface area contributed by atoms with Crippen LogP contribution in [0, 0.1) is 0 Å². The number of hydrogen-bond acceptors (Lipinski definition) is 3. The normalized spacial score (nSPS) is 18.6. The molecule has 108 valence electrons. The SMILES string of the molecule is CC(OC(=O)C1Cc2ccccc2CN1)c1ccccc1. The first-order valence-electron chi connectivity index (χ1n) is 7.29. The van der Waals surface area contributed by atoms with Crippen LogP contribution in [-0.4, -0.2) is 12.0 Å². The van der Waals surface area contributed by atoms with Gasteiger partial charge in [0.2, 0.25) is 0 Å². The van der Waals surface area contributed by atoms with Crippen LogP contribution in [-0.2, 0) is 22.5 Å². The maximum absolute atomic E-state index is 12.3. The van der Waals surface area contributed by atoms with Gasteiger partial charge < -0.3 is 10.1 Å². The number of ether oxygens (including phenoxy) is 1. The Bertz CT molecular complexity index is 624. The molecule has 0 amide bonds. The highest BCUT2D eigenvalue weighted by molar-refractivity contribution is 5.77. The van der Waals surface area contributed by atoms with Crippen molar-refractivity contribution < 1.29 is 9.53 Å². The topological polar surface area (TPSA) is 38.3 Å². The summed E-state index contributed by atoms with van der Waals surface area (Å²) in [6.07, 6.45) is 0.467. The van der Waals surface area contributed by atoms with Crippen LogP contribution in [0.2, 0.25) is 0 Å². The highest BCUT2D eigenvalue weighted by atomic mass is 16.5. The number of fused-ring (bicyclic) bond motifs is 1. The van der Waals surface area contributed by atoms with E-state index in [2.05, 4.69) is 17.4 Å². The van der Waals surface area contributed by atoms with Crippen molar-refractivity contribution in [3.05, 3.63) is 71.3 Å². The summed E-state index contributed by atoms with van der Waals surface area (Å²) in [5.74, 6) is -0.180. The third-order valence-electron chi connectivity index (χ3n) is 3.93. The number of rotatable bonds is 3. The van der Waals surface area contributed by atoms with Gasteiger partial charge in [0.25, 0.3) is 0 Å². The third kappa shape index (κ3) is 3.14. The predicted octanol–water partition coefficient (Wildman–Crippen LogP) is 3.01. The maximum Gasteiger partial charge on any atom is 0.324 e. The Balaban J connectivity index is 1.65. The summed E-state index contributed by atoms with van der Waals surface area (Å²) in [6.45, 7) is 2.62. The molecule has 0 saturated carbocycles. The lowest BCUT2D eigenvalue weighted by atomic mass is 9.96. The molecule has 21 heavy (non-hydrogen) atoms. The molecule has 0 bridgehead atoms. The van der Waals surface area contributed by atoms with Crippen molar-refractivity contribution >= 4 is 5.97 Å². The van der Waals surface area contributed by atoms with Crippen molar-refractivity contribution in [2.75, 3.05) is 0 Å². The molecule has 3 heteroatoms. The largest absolute Gasteiger partial charge is 0.457 e. The number of carbonyl (C=O) groups excluding carboxylic acids is 1. The molecule has 0 fully saturated rings. The molecule has 0 radical (unpaired) electrons. The zero-order chi connectivity index (χ0) is 14.7. The van der Waals surface area contributed by atoms with Gasteiger partial charge in [-0.3, -0.25) is 4.79 Å². The fourth-order valence-electron chi connectivity index (χ4n) is 2.67. The van der Waals surface area contributed by atoms with Crippen LogP contribution in [0.5, 0.6) is 0 Å². The van der Waals surface area contributed by atoms with Crippen LogP contribution in [0.15, 0.2) is 54.6 Å². The molecule has 3 rings (SSSR count). The first-order valence-corrected chi connectivity index (χ1v) is 7.29. The minimum atomic E-state index is -0.258. The Kier molecular flexibility index (Phi) is 4.02. The van der Waals surface area contributed by atoms with Crippen LogP contribution < -0.4 is 5.32 Å². The smallest absolute Gasteiger partial charge is 0.324 e. The Morgan fingerprint density at radius 2 is 1.76 bits per heavy atom. The molecule has 2 unspecified atom stereocenters. The van der Waals surface area contributed by atoms with Crippen molar-refractivity contribution in [2.45, 2.75) is 32.0 Å². The Morgan fingerprint density at radius 3 is 2.52 bits per heavy atom. The molecular weight excluding hydrogens is 262 g/mol. The molecular formula is C18H19NO2. The molecule has 1 heterocycles. The van der Waals surface area contributed by atoms with Gasteiger partial charge in [0.15, 0.2) is 0 Å². The molecule has 3 nitrogen and oxygen atoms in total. The standard InChI is InChI=1S/C18H19NO2/c1-13(14-7-3-2-4-8-14)21-18(20)17-11-15-9-5-6-10-16(15)12-19-17/h2-10,13,17,19H,11-12H2,1H3. The predicted molar refractivity (Wildman–Crippen MR) is 81.7 cm³/mol. The van der Waals surface area contributed by atoms with Crippen LogP contribution in [0.4, 0.5) is 0 Å². The summed E-state index contributed by atoms with van der Waals surface area (Å²) in [7, 11) is 0. The summed E-state index contributed by atoms with van der Waals surface area (Å²) in [6, 6.07) is 17.8. The van der Waals surface area contributed by atoms with E-state index in [1.807, 2.05) is 49.4 Å². The maximum atomic E-state index is 12.3. The van der Waals surface area contributed by atoms with Gasteiger partial charge in [0, 0.05) is 6.54 Å². The second-order valence-corrected chi connectivity index (χ2v) is 5.40. The van der Waals surface area contributed by atoms with Crippen LogP contribution in [0.3, 0.4) is 0 Å². The molecule has 0 spiro atoms. The Hall–Kier alpha value is -2.13. The van der Waals surface area contributed by atoms with Crippen molar-refractivity contribution in [1.82, 2.24) is 5.32 Å². The van der Waals surface area contributed by atoms with E-state index in [9.17, 15) is 4.79 Å². The lowest BCUT2D eigenvalue weighted by Crippen LogP contribution is -2.43. The molecule has 1 aliphatic heterocycles. The third-order valence-corrected chi connectivity index (χ3v) is 3.93. The average molecular weight is 281 g/mol. The summed E-state index contributed by atoms with van der Waals surface area (Å²) < 4.78 is 5.59. The van der Waals surface area contributed by atoms with Crippen molar-refractivity contribution in [3.8, 4) is 0 Å². The number of hydrogen-bond donors (Lipinski definition) is 1. The molecule has 1 aliphatic rings. The fourth-order valence-corrected chi connectivity index (χ4v) is 2.67. The Morgan fingerprint density at radius 1 is 1.10 bits per heavy atom. The molecule has 1 N–H and O–H groups in total. The van der Waals surface area contributed by atoms with Gasteiger partial charge in [-0.1, -0.05) is 54.6 Å². The molecule has 0 aliphatic carbocycles. The molecule has 2 atom stereocenters. The molecule has 2 aromatic carbocycles. The van der Waals surface area contributed by atoms with E-state index >= 15 is 0 Å². The number of benzene rings is 2.